The Morgan fingerprint density at radius 3 is 2.48 bits per heavy atom. The van der Waals surface area contributed by atoms with Crippen molar-refractivity contribution in [3.63, 3.8) is 0 Å². The smallest absolute Gasteiger partial charge is 0.312 e. The van der Waals surface area contributed by atoms with Crippen LogP contribution in [0.3, 0.4) is 0 Å². The van der Waals surface area contributed by atoms with Gasteiger partial charge < -0.3 is 9.47 Å². The SMILES string of the molecule is CC(C)[C@@H]1CC[C@@H](C)C[C@H]1O[C@@H]1OC(=O)[C@H]2[C@@H]1[C@@H]1C(=O)CC(C)(C)C[C@@]12C. The Morgan fingerprint density at radius 1 is 1.11 bits per heavy atom. The van der Waals surface area contributed by atoms with Gasteiger partial charge in [-0.05, 0) is 47.8 Å². The molecule has 1 heterocycles. The molecule has 1 saturated heterocycles. The Kier molecular flexibility index (Phi) is 4.53. The summed E-state index contributed by atoms with van der Waals surface area (Å²) in [5.74, 6) is 1.54. The van der Waals surface area contributed by atoms with Gasteiger partial charge >= 0.3 is 5.97 Å². The molecule has 0 N–H and O–H groups in total. The average Bonchev–Trinajstić information content (AvgIpc) is 2.77. The van der Waals surface area contributed by atoms with Gasteiger partial charge in [-0.3, -0.25) is 9.59 Å². The molecule has 1 aliphatic heterocycles. The van der Waals surface area contributed by atoms with Crippen LogP contribution in [0.4, 0.5) is 0 Å². The zero-order valence-corrected chi connectivity index (χ0v) is 17.8. The number of carbonyl (C=O) groups excluding carboxylic acids is 2. The molecule has 0 aromatic carbocycles. The Labute approximate surface area is 163 Å². The maximum atomic E-state index is 13.0. The zero-order valence-electron chi connectivity index (χ0n) is 17.8. The molecule has 4 aliphatic rings. The minimum Gasteiger partial charge on any atom is -0.435 e. The fourth-order valence-electron chi connectivity index (χ4n) is 7.19. The molecular formula is C23H36O4. The highest BCUT2D eigenvalue weighted by atomic mass is 16.7. The molecule has 3 aliphatic carbocycles. The van der Waals surface area contributed by atoms with Crippen molar-refractivity contribution in [1.82, 2.24) is 0 Å². The highest BCUT2D eigenvalue weighted by Crippen LogP contribution is 2.68. The summed E-state index contributed by atoms with van der Waals surface area (Å²) < 4.78 is 12.3. The molecule has 3 saturated carbocycles. The van der Waals surface area contributed by atoms with Crippen LogP contribution in [-0.4, -0.2) is 24.1 Å². The molecular weight excluding hydrogens is 340 g/mol. The molecule has 4 fully saturated rings. The first-order chi connectivity index (χ1) is 12.5. The summed E-state index contributed by atoms with van der Waals surface area (Å²) >= 11 is 0. The zero-order chi connectivity index (χ0) is 19.7. The number of hydrogen-bond donors (Lipinski definition) is 0. The number of Topliss-reactive ketones (excluding diaryl/α,β-unsaturated/α-hetero) is 1. The van der Waals surface area contributed by atoms with Crippen LogP contribution >= 0.6 is 0 Å². The van der Waals surface area contributed by atoms with Crippen LogP contribution < -0.4 is 0 Å². The minimum atomic E-state index is -0.526. The molecule has 0 aromatic rings. The number of carbonyl (C=O) groups is 2. The van der Waals surface area contributed by atoms with Gasteiger partial charge in [0.1, 0.15) is 5.78 Å². The van der Waals surface area contributed by atoms with Gasteiger partial charge in [0.2, 0.25) is 6.29 Å². The van der Waals surface area contributed by atoms with Gasteiger partial charge in [-0.1, -0.05) is 48.0 Å². The van der Waals surface area contributed by atoms with Gasteiger partial charge in [-0.2, -0.15) is 0 Å². The summed E-state index contributed by atoms with van der Waals surface area (Å²) in [6.45, 7) is 13.2. The molecule has 0 spiro atoms. The number of ether oxygens (including phenoxy) is 2. The van der Waals surface area contributed by atoms with Crippen LogP contribution in [0.25, 0.3) is 0 Å². The van der Waals surface area contributed by atoms with Crippen LogP contribution in [-0.2, 0) is 19.1 Å². The van der Waals surface area contributed by atoms with Gasteiger partial charge in [0.05, 0.1) is 12.0 Å². The lowest BCUT2D eigenvalue weighted by atomic mass is 9.40. The monoisotopic (exact) mass is 376 g/mol. The molecule has 0 radical (unpaired) electrons. The van der Waals surface area contributed by atoms with Gasteiger partial charge in [0.15, 0.2) is 0 Å². The number of rotatable bonds is 3. The molecule has 0 unspecified atom stereocenters. The topological polar surface area (TPSA) is 52.6 Å². The van der Waals surface area contributed by atoms with Crippen LogP contribution in [0.1, 0.15) is 73.6 Å². The highest BCUT2D eigenvalue weighted by molar-refractivity contribution is 5.90. The van der Waals surface area contributed by atoms with Crippen LogP contribution in [0.2, 0.25) is 0 Å². The van der Waals surface area contributed by atoms with Crippen molar-refractivity contribution in [2.75, 3.05) is 0 Å². The first-order valence-corrected chi connectivity index (χ1v) is 10.9. The van der Waals surface area contributed by atoms with Crippen molar-refractivity contribution in [3.8, 4) is 0 Å². The van der Waals surface area contributed by atoms with Gasteiger partial charge in [0.25, 0.3) is 0 Å². The number of esters is 1. The molecule has 0 aromatic heterocycles. The van der Waals surface area contributed by atoms with Crippen LogP contribution in [0, 0.1) is 46.3 Å². The molecule has 8 atom stereocenters. The second kappa shape index (κ2) is 6.30. The van der Waals surface area contributed by atoms with Crippen molar-refractivity contribution in [2.45, 2.75) is 86.0 Å². The fourth-order valence-corrected chi connectivity index (χ4v) is 7.19. The summed E-state index contributed by atoms with van der Waals surface area (Å²) in [5.41, 5.74) is -0.288. The number of hydrogen-bond acceptors (Lipinski definition) is 4. The van der Waals surface area contributed by atoms with E-state index in [0.29, 0.717) is 30.0 Å². The second-order valence-electron chi connectivity index (χ2n) is 11.3. The lowest BCUT2D eigenvalue weighted by Gasteiger charge is -2.60. The van der Waals surface area contributed by atoms with Gasteiger partial charge in [0, 0.05) is 18.3 Å². The Bertz CT molecular complexity index is 638. The van der Waals surface area contributed by atoms with Gasteiger partial charge in [-0.15, -0.1) is 0 Å². The van der Waals surface area contributed by atoms with E-state index in [9.17, 15) is 9.59 Å². The summed E-state index contributed by atoms with van der Waals surface area (Å²) in [4.78, 5) is 25.7. The van der Waals surface area contributed by atoms with E-state index in [-0.39, 0.29) is 40.7 Å². The standard InChI is InChI=1S/C23H36O4/c1-12(2)14-8-7-13(3)9-16(14)26-21-17-18-15(24)10-22(4,5)11-23(18,6)19(17)20(25)27-21/h12-14,16-19,21H,7-11H2,1-6H3/t13-,14+,16-,17+,18+,19-,21-,23+/m1/s1. The third kappa shape index (κ3) is 2.97. The minimum absolute atomic E-state index is 0.0337. The second-order valence-corrected chi connectivity index (χ2v) is 11.3. The van der Waals surface area contributed by atoms with Crippen molar-refractivity contribution in [2.24, 2.45) is 46.3 Å². The van der Waals surface area contributed by atoms with Crippen molar-refractivity contribution >= 4 is 11.8 Å². The maximum Gasteiger partial charge on any atom is 0.312 e. The molecule has 4 nitrogen and oxygen atoms in total. The summed E-state index contributed by atoms with van der Waals surface area (Å²) in [7, 11) is 0. The molecule has 4 heteroatoms. The average molecular weight is 377 g/mol. The van der Waals surface area contributed by atoms with E-state index in [2.05, 4.69) is 41.5 Å². The summed E-state index contributed by atoms with van der Waals surface area (Å²) in [6.07, 6.45) is 4.56. The molecule has 27 heavy (non-hydrogen) atoms. The Hall–Kier alpha value is -0.900. The van der Waals surface area contributed by atoms with E-state index < -0.39 is 6.29 Å². The first-order valence-electron chi connectivity index (χ1n) is 10.9. The summed E-state index contributed by atoms with van der Waals surface area (Å²) in [6, 6.07) is 0. The third-order valence-electron chi connectivity index (χ3n) is 8.12. The Balaban J connectivity index is 1.55. The lowest BCUT2D eigenvalue weighted by molar-refractivity contribution is -0.226. The Morgan fingerprint density at radius 2 is 1.81 bits per heavy atom. The van der Waals surface area contributed by atoms with Crippen molar-refractivity contribution in [1.29, 1.82) is 0 Å². The highest BCUT2D eigenvalue weighted by Gasteiger charge is 2.74. The number of fused-ring (bicyclic) bond motifs is 4. The summed E-state index contributed by atoms with van der Waals surface area (Å²) in [5, 5.41) is 0. The molecule has 0 amide bonds. The van der Waals surface area contributed by atoms with E-state index in [4.69, 9.17) is 9.47 Å². The molecule has 152 valence electrons. The third-order valence-corrected chi connectivity index (χ3v) is 8.12. The van der Waals surface area contributed by atoms with E-state index in [1.165, 1.54) is 12.8 Å². The van der Waals surface area contributed by atoms with Crippen molar-refractivity contribution < 1.29 is 19.1 Å². The van der Waals surface area contributed by atoms with E-state index >= 15 is 0 Å². The quantitative estimate of drug-likeness (QED) is 0.675. The predicted octanol–water partition coefficient (Wildman–Crippen LogP) is 4.60. The number of cyclic esters (lactones) is 1. The normalized spacial score (nSPS) is 48.6. The van der Waals surface area contributed by atoms with E-state index in [1.54, 1.807) is 0 Å². The van der Waals surface area contributed by atoms with E-state index in [1.807, 2.05) is 0 Å². The largest absolute Gasteiger partial charge is 0.435 e. The molecule has 0 bridgehead atoms. The van der Waals surface area contributed by atoms with E-state index in [0.717, 1.165) is 12.8 Å². The first kappa shape index (κ1) is 19.4. The van der Waals surface area contributed by atoms with Crippen molar-refractivity contribution in [3.05, 3.63) is 0 Å². The fraction of sp³-hybridized carbons (Fsp3) is 0.913. The van der Waals surface area contributed by atoms with Crippen LogP contribution in [0.5, 0.6) is 0 Å². The predicted molar refractivity (Wildman–Crippen MR) is 103 cm³/mol. The maximum absolute atomic E-state index is 13.0. The van der Waals surface area contributed by atoms with Crippen LogP contribution in [0.15, 0.2) is 0 Å². The van der Waals surface area contributed by atoms with Gasteiger partial charge in [-0.25, -0.2) is 0 Å². The number of ketones is 1. The lowest BCUT2D eigenvalue weighted by Crippen LogP contribution is -2.64. The molecule has 4 rings (SSSR count).